The summed E-state index contributed by atoms with van der Waals surface area (Å²) in [5.74, 6) is -0.591. The number of nitrogens with one attached hydrogen (secondary N) is 1. The normalized spacial score (nSPS) is 13.6. The topological polar surface area (TPSA) is 51.2 Å². The fourth-order valence-electron chi connectivity index (χ4n) is 2.51. The first-order chi connectivity index (χ1) is 11.5. The highest BCUT2D eigenvalue weighted by atomic mass is 32.1. The fraction of sp³-hybridized carbons (Fsp3) is 0.222. The number of ether oxygens (including phenoxy) is 1. The molecule has 1 atom stereocenters. The second-order valence-corrected chi connectivity index (χ2v) is 6.52. The van der Waals surface area contributed by atoms with E-state index in [1.165, 1.54) is 24.5 Å². The van der Waals surface area contributed by atoms with Crippen LogP contribution in [-0.2, 0) is 10.3 Å². The molecule has 1 unspecified atom stereocenters. The molecule has 6 heteroatoms. The van der Waals surface area contributed by atoms with Crippen molar-refractivity contribution in [2.75, 3.05) is 13.7 Å². The molecule has 1 heterocycles. The predicted octanol–water partition coefficient (Wildman–Crippen LogP) is 3.73. The minimum absolute atomic E-state index is 0.157. The summed E-state index contributed by atoms with van der Waals surface area (Å²) < 4.78 is 20.5. The summed E-state index contributed by atoms with van der Waals surface area (Å²) in [6.07, 6.45) is 0. The molecule has 24 heavy (non-hydrogen) atoms. The Bertz CT molecular complexity index is 880. The summed E-state index contributed by atoms with van der Waals surface area (Å²) in [5.41, 5.74) is 2.61. The Morgan fingerprint density at radius 3 is 2.88 bits per heavy atom. The van der Waals surface area contributed by atoms with E-state index in [1.807, 2.05) is 6.07 Å². The Morgan fingerprint density at radius 1 is 1.33 bits per heavy atom. The molecule has 124 valence electrons. The van der Waals surface area contributed by atoms with E-state index in [2.05, 4.69) is 10.3 Å². The lowest BCUT2D eigenvalue weighted by Gasteiger charge is -2.29. The Hall–Kier alpha value is -2.31. The van der Waals surface area contributed by atoms with Gasteiger partial charge in [0.15, 0.2) is 0 Å². The third-order valence-corrected chi connectivity index (χ3v) is 4.87. The Morgan fingerprint density at radius 2 is 2.12 bits per heavy atom. The van der Waals surface area contributed by atoms with E-state index >= 15 is 0 Å². The summed E-state index contributed by atoms with van der Waals surface area (Å²) in [6, 6.07) is 11.8. The summed E-state index contributed by atoms with van der Waals surface area (Å²) >= 11 is 1.48. The van der Waals surface area contributed by atoms with Crippen molar-refractivity contribution in [3.05, 3.63) is 64.9 Å². The van der Waals surface area contributed by atoms with Gasteiger partial charge in [0.1, 0.15) is 11.4 Å². The number of aromatic nitrogens is 1. The third kappa shape index (κ3) is 3.16. The van der Waals surface area contributed by atoms with Crippen LogP contribution in [0, 0.1) is 5.82 Å². The lowest BCUT2D eigenvalue weighted by atomic mass is 9.95. The van der Waals surface area contributed by atoms with Crippen molar-refractivity contribution in [1.82, 2.24) is 10.3 Å². The summed E-state index contributed by atoms with van der Waals surface area (Å²) in [7, 11) is 1.50. The average Bonchev–Trinajstić information content (AvgIpc) is 3.07. The Labute approximate surface area is 143 Å². The number of carbonyl (C=O) groups is 1. The fourth-order valence-corrected chi connectivity index (χ4v) is 3.23. The second kappa shape index (κ2) is 6.67. The minimum Gasteiger partial charge on any atom is -0.372 e. The number of fused-ring (bicyclic) bond motifs is 1. The molecular formula is C18H17FN2O2S. The molecule has 3 rings (SSSR count). The van der Waals surface area contributed by atoms with Gasteiger partial charge in [-0.1, -0.05) is 18.2 Å². The van der Waals surface area contributed by atoms with Crippen molar-refractivity contribution in [3.8, 4) is 0 Å². The third-order valence-electron chi connectivity index (χ3n) is 4.07. The molecular weight excluding hydrogens is 327 g/mol. The van der Waals surface area contributed by atoms with Crippen LogP contribution in [-0.4, -0.2) is 24.5 Å². The van der Waals surface area contributed by atoms with Crippen LogP contribution in [0.25, 0.3) is 10.2 Å². The molecule has 0 bridgehead atoms. The van der Waals surface area contributed by atoms with Gasteiger partial charge in [-0.05, 0) is 31.2 Å². The van der Waals surface area contributed by atoms with Crippen molar-refractivity contribution >= 4 is 27.5 Å². The molecule has 0 radical (unpaired) electrons. The molecule has 0 saturated heterocycles. The van der Waals surface area contributed by atoms with Gasteiger partial charge in [0.05, 0.1) is 22.3 Å². The van der Waals surface area contributed by atoms with E-state index in [0.29, 0.717) is 11.1 Å². The van der Waals surface area contributed by atoms with Crippen molar-refractivity contribution < 1.29 is 13.9 Å². The molecule has 1 aromatic heterocycles. The first-order valence-electron chi connectivity index (χ1n) is 7.45. The predicted molar refractivity (Wildman–Crippen MR) is 92.7 cm³/mol. The number of thiazole rings is 1. The SMILES string of the molecule is COC(C)(CNC(=O)c1ccc2ncsc2c1)c1ccccc1F. The number of hydrogen-bond acceptors (Lipinski definition) is 4. The van der Waals surface area contributed by atoms with E-state index < -0.39 is 5.60 Å². The molecule has 0 saturated carbocycles. The Balaban J connectivity index is 1.77. The number of nitrogens with zero attached hydrogens (tertiary/aromatic N) is 1. The van der Waals surface area contributed by atoms with Gasteiger partial charge in [0, 0.05) is 18.2 Å². The summed E-state index contributed by atoms with van der Waals surface area (Å²) in [5, 5.41) is 2.83. The minimum atomic E-state index is -0.949. The highest BCUT2D eigenvalue weighted by Gasteiger charge is 2.29. The van der Waals surface area contributed by atoms with Crippen LogP contribution >= 0.6 is 11.3 Å². The maximum absolute atomic E-state index is 14.1. The first-order valence-corrected chi connectivity index (χ1v) is 8.33. The van der Waals surface area contributed by atoms with Gasteiger partial charge in [-0.15, -0.1) is 11.3 Å². The maximum atomic E-state index is 14.1. The van der Waals surface area contributed by atoms with Crippen molar-refractivity contribution in [2.24, 2.45) is 0 Å². The monoisotopic (exact) mass is 344 g/mol. The van der Waals surface area contributed by atoms with Crippen LogP contribution in [0.1, 0.15) is 22.8 Å². The molecule has 1 N–H and O–H groups in total. The zero-order valence-corrected chi connectivity index (χ0v) is 14.2. The molecule has 2 aromatic carbocycles. The van der Waals surface area contributed by atoms with E-state index in [0.717, 1.165) is 10.2 Å². The zero-order chi connectivity index (χ0) is 17.2. The molecule has 0 aliphatic heterocycles. The number of hydrogen-bond donors (Lipinski definition) is 1. The zero-order valence-electron chi connectivity index (χ0n) is 13.4. The maximum Gasteiger partial charge on any atom is 0.251 e. The van der Waals surface area contributed by atoms with Crippen LogP contribution in [0.2, 0.25) is 0 Å². The number of carbonyl (C=O) groups excluding carboxylic acids is 1. The number of amides is 1. The standard InChI is InChI=1S/C18H17FN2O2S/c1-18(23-2,13-5-3-4-6-14(13)19)10-20-17(22)12-7-8-15-16(9-12)24-11-21-15/h3-9,11H,10H2,1-2H3,(H,20,22). The lowest BCUT2D eigenvalue weighted by molar-refractivity contribution is 0.000390. The van der Waals surface area contributed by atoms with Crippen molar-refractivity contribution in [3.63, 3.8) is 0 Å². The smallest absolute Gasteiger partial charge is 0.251 e. The van der Waals surface area contributed by atoms with Crippen LogP contribution in [0.5, 0.6) is 0 Å². The number of benzene rings is 2. The highest BCUT2D eigenvalue weighted by molar-refractivity contribution is 7.16. The molecule has 0 spiro atoms. The van der Waals surface area contributed by atoms with Crippen LogP contribution in [0.3, 0.4) is 0 Å². The van der Waals surface area contributed by atoms with Gasteiger partial charge in [0.25, 0.3) is 5.91 Å². The van der Waals surface area contributed by atoms with E-state index in [9.17, 15) is 9.18 Å². The van der Waals surface area contributed by atoms with Gasteiger partial charge in [-0.2, -0.15) is 0 Å². The van der Waals surface area contributed by atoms with E-state index in [-0.39, 0.29) is 18.3 Å². The number of halogens is 1. The number of methoxy groups -OCH3 is 1. The Kier molecular flexibility index (Phi) is 4.59. The van der Waals surface area contributed by atoms with Crippen molar-refractivity contribution in [2.45, 2.75) is 12.5 Å². The molecule has 0 aliphatic carbocycles. The van der Waals surface area contributed by atoms with Gasteiger partial charge in [0.2, 0.25) is 0 Å². The summed E-state index contributed by atoms with van der Waals surface area (Å²) in [6.45, 7) is 1.90. The van der Waals surface area contributed by atoms with E-state index in [1.54, 1.807) is 42.8 Å². The average molecular weight is 344 g/mol. The molecule has 4 nitrogen and oxygen atoms in total. The highest BCUT2D eigenvalue weighted by Crippen LogP contribution is 2.26. The molecule has 0 aliphatic rings. The van der Waals surface area contributed by atoms with Crippen LogP contribution in [0.4, 0.5) is 4.39 Å². The van der Waals surface area contributed by atoms with Gasteiger partial charge < -0.3 is 10.1 Å². The van der Waals surface area contributed by atoms with Crippen LogP contribution < -0.4 is 5.32 Å². The van der Waals surface area contributed by atoms with Crippen molar-refractivity contribution in [1.29, 1.82) is 0 Å². The largest absolute Gasteiger partial charge is 0.372 e. The molecule has 0 fully saturated rings. The van der Waals surface area contributed by atoms with E-state index in [4.69, 9.17) is 4.74 Å². The first kappa shape index (κ1) is 16.5. The van der Waals surface area contributed by atoms with Crippen LogP contribution in [0.15, 0.2) is 48.0 Å². The second-order valence-electron chi connectivity index (χ2n) is 5.63. The van der Waals surface area contributed by atoms with Gasteiger partial charge in [-0.25, -0.2) is 9.37 Å². The lowest BCUT2D eigenvalue weighted by Crippen LogP contribution is -2.40. The van der Waals surface area contributed by atoms with Gasteiger partial charge >= 0.3 is 0 Å². The molecule has 3 aromatic rings. The number of rotatable bonds is 5. The quantitative estimate of drug-likeness (QED) is 0.767. The molecule has 1 amide bonds. The summed E-state index contributed by atoms with van der Waals surface area (Å²) in [4.78, 5) is 16.6. The van der Waals surface area contributed by atoms with Gasteiger partial charge in [-0.3, -0.25) is 4.79 Å².